The fraction of sp³-hybridized carbons (Fsp3) is 0.238. The maximum Gasteiger partial charge on any atom is 0.276 e. The third-order valence-corrected chi connectivity index (χ3v) is 4.79. The molecule has 0 radical (unpaired) electrons. The molecule has 0 saturated carbocycles. The number of carbonyl (C=O) groups is 1. The van der Waals surface area contributed by atoms with Crippen LogP contribution in [0.4, 0.5) is 4.39 Å². The third kappa shape index (κ3) is 3.38. The number of aromatic nitrogens is 1. The highest BCUT2D eigenvalue weighted by Crippen LogP contribution is 2.25. The Bertz CT molecular complexity index is 907. The Morgan fingerprint density at radius 3 is 2.81 bits per heavy atom. The van der Waals surface area contributed by atoms with Crippen molar-refractivity contribution in [3.05, 3.63) is 77.7 Å². The lowest BCUT2D eigenvalue weighted by atomic mass is 10.0. The van der Waals surface area contributed by atoms with E-state index in [0.717, 1.165) is 24.0 Å². The molecule has 2 heterocycles. The van der Waals surface area contributed by atoms with Crippen molar-refractivity contribution in [1.29, 1.82) is 0 Å². The molecule has 4 nitrogen and oxygen atoms in total. The van der Waals surface area contributed by atoms with Crippen molar-refractivity contribution in [2.24, 2.45) is 0 Å². The summed E-state index contributed by atoms with van der Waals surface area (Å²) < 4.78 is 18.8. The van der Waals surface area contributed by atoms with E-state index in [1.54, 1.807) is 12.1 Å². The van der Waals surface area contributed by atoms with Crippen LogP contribution in [0.15, 0.2) is 65.2 Å². The summed E-state index contributed by atoms with van der Waals surface area (Å²) in [5, 5.41) is 3.97. The summed E-state index contributed by atoms with van der Waals surface area (Å²) in [6.45, 7) is 0.687. The Labute approximate surface area is 151 Å². The minimum Gasteiger partial charge on any atom is -0.355 e. The topological polar surface area (TPSA) is 46.3 Å². The van der Waals surface area contributed by atoms with Gasteiger partial charge in [0.05, 0.1) is 0 Å². The van der Waals surface area contributed by atoms with Crippen LogP contribution >= 0.6 is 0 Å². The van der Waals surface area contributed by atoms with Crippen molar-refractivity contribution < 1.29 is 13.7 Å². The van der Waals surface area contributed by atoms with Gasteiger partial charge < -0.3 is 9.42 Å². The van der Waals surface area contributed by atoms with Gasteiger partial charge in [-0.05, 0) is 37.0 Å². The fourth-order valence-corrected chi connectivity index (χ4v) is 3.51. The largest absolute Gasteiger partial charge is 0.355 e. The van der Waals surface area contributed by atoms with Gasteiger partial charge in [-0.1, -0.05) is 47.6 Å². The average Bonchev–Trinajstić information content (AvgIpc) is 3.32. The monoisotopic (exact) mass is 350 g/mol. The van der Waals surface area contributed by atoms with Crippen LogP contribution in [0.1, 0.15) is 28.9 Å². The zero-order valence-corrected chi connectivity index (χ0v) is 14.3. The van der Waals surface area contributed by atoms with E-state index >= 15 is 0 Å². The van der Waals surface area contributed by atoms with E-state index < -0.39 is 0 Å². The first kappa shape index (κ1) is 16.5. The summed E-state index contributed by atoms with van der Waals surface area (Å²) >= 11 is 0. The number of hydrogen-bond donors (Lipinski definition) is 0. The van der Waals surface area contributed by atoms with Gasteiger partial charge in [0, 0.05) is 24.2 Å². The number of benzene rings is 2. The summed E-state index contributed by atoms with van der Waals surface area (Å²) in [6.07, 6.45) is 2.49. The van der Waals surface area contributed by atoms with Gasteiger partial charge in [-0.15, -0.1) is 0 Å². The summed E-state index contributed by atoms with van der Waals surface area (Å²) in [5.41, 5.74) is 2.10. The van der Waals surface area contributed by atoms with E-state index in [-0.39, 0.29) is 17.8 Å². The molecule has 0 N–H and O–H groups in total. The summed E-state index contributed by atoms with van der Waals surface area (Å²) in [5.74, 6) is 0.201. The number of hydrogen-bond acceptors (Lipinski definition) is 3. The second kappa shape index (κ2) is 7.12. The van der Waals surface area contributed by atoms with Crippen molar-refractivity contribution in [1.82, 2.24) is 10.1 Å². The van der Waals surface area contributed by atoms with E-state index in [1.807, 2.05) is 41.3 Å². The Kier molecular flexibility index (Phi) is 4.52. The van der Waals surface area contributed by atoms with Crippen molar-refractivity contribution in [3.63, 3.8) is 0 Å². The lowest BCUT2D eigenvalue weighted by molar-refractivity contribution is 0.0726. The van der Waals surface area contributed by atoms with Gasteiger partial charge in [0.1, 0.15) is 5.82 Å². The van der Waals surface area contributed by atoms with Crippen LogP contribution in [0.3, 0.4) is 0 Å². The molecule has 4 rings (SSSR count). The minimum absolute atomic E-state index is 0.0566. The highest BCUT2D eigenvalue weighted by Gasteiger charge is 2.31. The van der Waals surface area contributed by atoms with Crippen LogP contribution in [0.5, 0.6) is 0 Å². The number of likely N-dealkylation sites (tertiary alicyclic amines) is 1. The summed E-state index contributed by atoms with van der Waals surface area (Å²) in [7, 11) is 0. The quantitative estimate of drug-likeness (QED) is 0.704. The molecular formula is C21H19FN2O2. The second-order valence-corrected chi connectivity index (χ2v) is 6.57. The maximum absolute atomic E-state index is 13.4. The molecule has 0 aliphatic carbocycles. The standard InChI is InChI=1S/C21H19FN2O2/c22-17-9-4-6-15(12-17)13-18-10-5-11-24(18)21(25)19-14-20(26-23-19)16-7-2-1-3-8-16/h1-4,6-9,12,14,18H,5,10-11,13H2. The van der Waals surface area contributed by atoms with Gasteiger partial charge in [-0.3, -0.25) is 4.79 Å². The van der Waals surface area contributed by atoms with E-state index in [4.69, 9.17) is 4.52 Å². The van der Waals surface area contributed by atoms with Crippen molar-refractivity contribution in [2.75, 3.05) is 6.54 Å². The van der Waals surface area contributed by atoms with Crippen molar-refractivity contribution in [2.45, 2.75) is 25.3 Å². The molecule has 1 unspecified atom stereocenters. The lowest BCUT2D eigenvalue weighted by Crippen LogP contribution is -2.37. The molecule has 3 aromatic rings. The summed E-state index contributed by atoms with van der Waals surface area (Å²) in [4.78, 5) is 14.7. The van der Waals surface area contributed by atoms with Gasteiger partial charge in [0.15, 0.2) is 11.5 Å². The lowest BCUT2D eigenvalue weighted by Gasteiger charge is -2.23. The predicted octanol–water partition coefficient (Wildman–Crippen LogP) is 4.33. The molecule has 2 aromatic carbocycles. The third-order valence-electron chi connectivity index (χ3n) is 4.79. The van der Waals surface area contributed by atoms with Gasteiger partial charge in [0.25, 0.3) is 5.91 Å². The Balaban J connectivity index is 1.51. The average molecular weight is 350 g/mol. The van der Waals surface area contributed by atoms with Gasteiger partial charge in [0.2, 0.25) is 0 Å². The first-order valence-electron chi connectivity index (χ1n) is 8.78. The van der Waals surface area contributed by atoms with Crippen LogP contribution < -0.4 is 0 Å². The number of carbonyl (C=O) groups excluding carboxylic acids is 1. The number of nitrogens with zero attached hydrogens (tertiary/aromatic N) is 2. The molecule has 1 amide bonds. The summed E-state index contributed by atoms with van der Waals surface area (Å²) in [6, 6.07) is 17.9. The molecule has 1 atom stereocenters. The molecule has 1 aliphatic rings. The van der Waals surface area contributed by atoms with Crippen LogP contribution in [0.25, 0.3) is 11.3 Å². The van der Waals surface area contributed by atoms with E-state index in [1.165, 1.54) is 12.1 Å². The zero-order valence-electron chi connectivity index (χ0n) is 14.3. The molecule has 0 bridgehead atoms. The maximum atomic E-state index is 13.4. The van der Waals surface area contributed by atoms with Gasteiger partial charge in [-0.25, -0.2) is 4.39 Å². The van der Waals surface area contributed by atoms with E-state index in [2.05, 4.69) is 5.16 Å². The number of rotatable bonds is 4. The van der Waals surface area contributed by atoms with E-state index in [9.17, 15) is 9.18 Å². The SMILES string of the molecule is O=C(c1cc(-c2ccccc2)on1)N1CCCC1Cc1cccc(F)c1. The second-order valence-electron chi connectivity index (χ2n) is 6.57. The Morgan fingerprint density at radius 1 is 1.15 bits per heavy atom. The molecular weight excluding hydrogens is 331 g/mol. The minimum atomic E-state index is -0.248. The number of halogens is 1. The van der Waals surface area contributed by atoms with Gasteiger partial charge in [-0.2, -0.15) is 0 Å². The van der Waals surface area contributed by atoms with Crippen LogP contribution in [0.2, 0.25) is 0 Å². The molecule has 1 fully saturated rings. The first-order chi connectivity index (χ1) is 12.7. The first-order valence-corrected chi connectivity index (χ1v) is 8.78. The Morgan fingerprint density at radius 2 is 2.00 bits per heavy atom. The molecule has 1 aromatic heterocycles. The predicted molar refractivity (Wildman–Crippen MR) is 96.1 cm³/mol. The highest BCUT2D eigenvalue weighted by molar-refractivity contribution is 5.93. The van der Waals surface area contributed by atoms with Gasteiger partial charge >= 0.3 is 0 Å². The van der Waals surface area contributed by atoms with Crippen molar-refractivity contribution in [3.8, 4) is 11.3 Å². The van der Waals surface area contributed by atoms with Crippen molar-refractivity contribution >= 4 is 5.91 Å². The fourth-order valence-electron chi connectivity index (χ4n) is 3.51. The van der Waals surface area contributed by atoms with E-state index in [0.29, 0.717) is 24.4 Å². The zero-order chi connectivity index (χ0) is 17.9. The Hall–Kier alpha value is -2.95. The number of amides is 1. The molecule has 5 heteroatoms. The van der Waals surface area contributed by atoms with Crippen LogP contribution in [-0.4, -0.2) is 28.6 Å². The molecule has 132 valence electrons. The highest BCUT2D eigenvalue weighted by atomic mass is 19.1. The normalized spacial score (nSPS) is 16.8. The molecule has 0 spiro atoms. The molecule has 26 heavy (non-hydrogen) atoms. The molecule has 1 saturated heterocycles. The smallest absolute Gasteiger partial charge is 0.276 e. The van der Waals surface area contributed by atoms with Crippen LogP contribution in [0, 0.1) is 5.82 Å². The van der Waals surface area contributed by atoms with Crippen LogP contribution in [-0.2, 0) is 6.42 Å². The molecule has 1 aliphatic heterocycles.